The van der Waals surface area contributed by atoms with Gasteiger partial charge in [0, 0.05) is 5.69 Å². The molecule has 0 aliphatic rings. The summed E-state index contributed by atoms with van der Waals surface area (Å²) in [5.74, 6) is -1.91. The lowest BCUT2D eigenvalue weighted by atomic mass is 10.2. The largest absolute Gasteiger partial charge is 0.477 e. The predicted octanol–water partition coefficient (Wildman–Crippen LogP) is 3.66. The van der Waals surface area contributed by atoms with E-state index in [4.69, 9.17) is 4.74 Å². The van der Waals surface area contributed by atoms with Crippen LogP contribution < -0.4 is 5.32 Å². The van der Waals surface area contributed by atoms with Gasteiger partial charge in [0.25, 0.3) is 0 Å². The molecule has 0 aromatic heterocycles. The van der Waals surface area contributed by atoms with Crippen molar-refractivity contribution in [3.63, 3.8) is 0 Å². The summed E-state index contributed by atoms with van der Waals surface area (Å²) in [5, 5.41) is 12.0. The van der Waals surface area contributed by atoms with Gasteiger partial charge in [0.05, 0.1) is 22.8 Å². The van der Waals surface area contributed by atoms with E-state index in [1.54, 1.807) is 43.3 Å². The maximum atomic E-state index is 12.1. The minimum atomic E-state index is -1.09. The Morgan fingerprint density at radius 3 is 2.33 bits per heavy atom. The van der Waals surface area contributed by atoms with Crippen molar-refractivity contribution in [3.8, 4) is 0 Å². The van der Waals surface area contributed by atoms with Crippen LogP contribution in [0.2, 0.25) is 0 Å². The molecule has 2 N–H and O–H groups in total. The van der Waals surface area contributed by atoms with Gasteiger partial charge < -0.3 is 15.2 Å². The molecule has 2 rings (SSSR count). The van der Waals surface area contributed by atoms with Crippen molar-refractivity contribution in [1.29, 1.82) is 0 Å². The van der Waals surface area contributed by atoms with Crippen molar-refractivity contribution in [2.24, 2.45) is 0 Å². The molecule has 0 saturated heterocycles. The van der Waals surface area contributed by atoms with E-state index in [1.807, 2.05) is 18.2 Å². The van der Waals surface area contributed by atoms with Crippen molar-refractivity contribution < 1.29 is 24.2 Å². The van der Waals surface area contributed by atoms with Crippen LogP contribution in [-0.2, 0) is 14.3 Å². The van der Waals surface area contributed by atoms with Gasteiger partial charge in [-0.2, -0.15) is 0 Å². The standard InChI is InChI=1S/C20H19NO5S/c1-2-26-20(25)15-8-10-16(11-9-15)21-18(22)13-27-17(19(23)24)12-14-6-4-3-5-7-14/h3-12H,2,13H2,1H3,(H,21,22)(H,23,24)/b17-12+. The topological polar surface area (TPSA) is 92.7 Å². The number of esters is 1. The lowest BCUT2D eigenvalue weighted by Gasteiger charge is -2.07. The highest BCUT2D eigenvalue weighted by molar-refractivity contribution is 8.04. The van der Waals surface area contributed by atoms with Gasteiger partial charge in [-0.25, -0.2) is 9.59 Å². The van der Waals surface area contributed by atoms with Gasteiger partial charge in [-0.05, 0) is 42.8 Å². The van der Waals surface area contributed by atoms with Crippen molar-refractivity contribution in [1.82, 2.24) is 0 Å². The number of thioether (sulfide) groups is 1. The highest BCUT2D eigenvalue weighted by Crippen LogP contribution is 2.20. The molecular weight excluding hydrogens is 366 g/mol. The van der Waals surface area contributed by atoms with Crippen molar-refractivity contribution >= 4 is 41.4 Å². The molecule has 2 aromatic rings. The van der Waals surface area contributed by atoms with Crippen molar-refractivity contribution in [2.45, 2.75) is 6.92 Å². The third-order valence-electron chi connectivity index (χ3n) is 3.35. The van der Waals surface area contributed by atoms with Gasteiger partial charge in [0.2, 0.25) is 5.91 Å². The number of hydrogen-bond donors (Lipinski definition) is 2. The second kappa shape index (κ2) is 10.2. The van der Waals surface area contributed by atoms with Crippen LogP contribution >= 0.6 is 11.8 Å². The number of ether oxygens (including phenoxy) is 1. The Hall–Kier alpha value is -3.06. The van der Waals surface area contributed by atoms with Crippen molar-refractivity contribution in [3.05, 3.63) is 70.6 Å². The van der Waals surface area contributed by atoms with Gasteiger partial charge in [-0.15, -0.1) is 11.8 Å². The Morgan fingerprint density at radius 2 is 1.74 bits per heavy atom. The molecule has 0 atom stereocenters. The van der Waals surface area contributed by atoms with E-state index in [0.717, 1.165) is 17.3 Å². The van der Waals surface area contributed by atoms with Gasteiger partial charge in [0.15, 0.2) is 0 Å². The zero-order valence-corrected chi connectivity index (χ0v) is 15.5. The SMILES string of the molecule is CCOC(=O)c1ccc(NC(=O)CS/C(=C/c2ccccc2)C(=O)O)cc1. The number of amides is 1. The first-order valence-corrected chi connectivity index (χ1v) is 9.18. The van der Waals surface area contributed by atoms with Gasteiger partial charge in [-0.1, -0.05) is 30.3 Å². The molecule has 2 aromatic carbocycles. The van der Waals surface area contributed by atoms with Crippen molar-refractivity contribution in [2.75, 3.05) is 17.7 Å². The molecule has 0 aliphatic heterocycles. The van der Waals surface area contributed by atoms with Gasteiger partial charge in [-0.3, -0.25) is 4.79 Å². The summed E-state index contributed by atoms with van der Waals surface area (Å²) in [6.07, 6.45) is 1.52. The third kappa shape index (κ3) is 6.63. The highest BCUT2D eigenvalue weighted by Gasteiger charge is 2.12. The summed E-state index contributed by atoms with van der Waals surface area (Å²) >= 11 is 0.942. The zero-order chi connectivity index (χ0) is 19.6. The Morgan fingerprint density at radius 1 is 1.07 bits per heavy atom. The average Bonchev–Trinajstić information content (AvgIpc) is 2.66. The molecule has 6 nitrogen and oxygen atoms in total. The summed E-state index contributed by atoms with van der Waals surface area (Å²) in [6.45, 7) is 2.01. The summed E-state index contributed by atoms with van der Waals surface area (Å²) < 4.78 is 4.89. The second-order valence-electron chi connectivity index (χ2n) is 5.36. The highest BCUT2D eigenvalue weighted by atomic mass is 32.2. The van der Waals surface area contributed by atoms with Crippen LogP contribution in [-0.4, -0.2) is 35.3 Å². The number of nitrogens with one attached hydrogen (secondary N) is 1. The quantitative estimate of drug-likeness (QED) is 0.532. The molecule has 0 spiro atoms. The van der Waals surface area contributed by atoms with E-state index >= 15 is 0 Å². The predicted molar refractivity (Wildman–Crippen MR) is 106 cm³/mol. The van der Waals surface area contributed by atoms with Crippen LogP contribution in [0.4, 0.5) is 5.69 Å². The molecule has 0 aliphatic carbocycles. The smallest absolute Gasteiger partial charge is 0.342 e. The molecule has 0 radical (unpaired) electrons. The van der Waals surface area contributed by atoms with Gasteiger partial charge in [0.1, 0.15) is 0 Å². The molecular formula is C20H19NO5S. The van der Waals surface area contributed by atoms with Gasteiger partial charge >= 0.3 is 11.9 Å². The third-order valence-corrected chi connectivity index (χ3v) is 4.36. The molecule has 0 fully saturated rings. The van der Waals surface area contributed by atoms with E-state index in [0.29, 0.717) is 11.3 Å². The Balaban J connectivity index is 1.93. The molecule has 1 amide bonds. The van der Waals surface area contributed by atoms with Crippen LogP contribution in [0.3, 0.4) is 0 Å². The summed E-state index contributed by atoms with van der Waals surface area (Å²) in [4.78, 5) is 35.1. The fourth-order valence-electron chi connectivity index (χ4n) is 2.11. The summed E-state index contributed by atoms with van der Waals surface area (Å²) in [6, 6.07) is 15.3. The number of hydrogen-bond acceptors (Lipinski definition) is 5. The molecule has 140 valence electrons. The number of carbonyl (C=O) groups is 3. The summed E-state index contributed by atoms with van der Waals surface area (Å²) in [7, 11) is 0. The van der Waals surface area contributed by atoms with E-state index in [2.05, 4.69) is 5.32 Å². The maximum Gasteiger partial charge on any atom is 0.342 e. The molecule has 27 heavy (non-hydrogen) atoms. The van der Waals surface area contributed by atoms with Crippen LogP contribution in [0.1, 0.15) is 22.8 Å². The Kier molecular flexibility index (Phi) is 7.63. The molecule has 0 heterocycles. The Bertz CT molecular complexity index is 831. The average molecular weight is 385 g/mol. The minimum Gasteiger partial charge on any atom is -0.477 e. The lowest BCUT2D eigenvalue weighted by molar-refractivity contribution is -0.131. The Labute approximate surface area is 161 Å². The first-order chi connectivity index (χ1) is 13.0. The maximum absolute atomic E-state index is 12.1. The number of aliphatic carboxylic acids is 1. The fraction of sp³-hybridized carbons (Fsp3) is 0.150. The molecule has 0 bridgehead atoms. The minimum absolute atomic E-state index is 0.0510. The number of carbonyl (C=O) groups excluding carboxylic acids is 2. The van der Waals surface area contributed by atoms with E-state index < -0.39 is 11.9 Å². The van der Waals surface area contributed by atoms with E-state index in [9.17, 15) is 19.5 Å². The number of carboxylic acids is 1. The lowest BCUT2D eigenvalue weighted by Crippen LogP contribution is -2.15. The number of anilines is 1. The molecule has 0 saturated carbocycles. The zero-order valence-electron chi connectivity index (χ0n) is 14.7. The number of carboxylic acid groups (broad SMARTS) is 1. The fourth-order valence-corrected chi connectivity index (χ4v) is 2.81. The first kappa shape index (κ1) is 20.3. The molecule has 0 unspecified atom stereocenters. The van der Waals surface area contributed by atoms with Crippen LogP contribution in [0.5, 0.6) is 0 Å². The molecule has 7 heteroatoms. The number of benzene rings is 2. The summed E-state index contributed by atoms with van der Waals surface area (Å²) in [5.41, 5.74) is 1.65. The van der Waals surface area contributed by atoms with Crippen LogP contribution in [0.25, 0.3) is 6.08 Å². The van der Waals surface area contributed by atoms with Crippen LogP contribution in [0.15, 0.2) is 59.5 Å². The van der Waals surface area contributed by atoms with E-state index in [-0.39, 0.29) is 23.2 Å². The van der Waals surface area contributed by atoms with Crippen LogP contribution in [0, 0.1) is 0 Å². The normalized spacial score (nSPS) is 10.9. The first-order valence-electron chi connectivity index (χ1n) is 8.19. The monoisotopic (exact) mass is 385 g/mol. The second-order valence-corrected chi connectivity index (χ2v) is 6.38. The van der Waals surface area contributed by atoms with E-state index in [1.165, 1.54) is 6.08 Å². The number of rotatable bonds is 8.